The number of hydrogen-bond acceptors (Lipinski definition) is 2. The van der Waals surface area contributed by atoms with Gasteiger partial charge in [-0.2, -0.15) is 0 Å². The molecule has 1 heterocycles. The van der Waals surface area contributed by atoms with Gasteiger partial charge in [0.1, 0.15) is 0 Å². The zero-order chi connectivity index (χ0) is 14.1. The number of hydrogen-bond donors (Lipinski definition) is 0. The van der Waals surface area contributed by atoms with Crippen LogP contribution in [0, 0.1) is 35.5 Å². The van der Waals surface area contributed by atoms with E-state index in [0.717, 1.165) is 18.5 Å². The number of carbonyl (C=O) groups is 2. The van der Waals surface area contributed by atoms with E-state index in [4.69, 9.17) is 0 Å². The van der Waals surface area contributed by atoms with E-state index in [9.17, 15) is 9.59 Å². The van der Waals surface area contributed by atoms with Crippen LogP contribution in [0.15, 0.2) is 42.5 Å². The molecule has 1 aromatic carbocycles. The summed E-state index contributed by atoms with van der Waals surface area (Å²) in [5.74, 6) is 1.84. The Labute approximate surface area is 123 Å². The van der Waals surface area contributed by atoms with Gasteiger partial charge in [0.15, 0.2) is 0 Å². The molecule has 3 nitrogen and oxygen atoms in total. The molecular formula is C18H17NO2. The maximum atomic E-state index is 12.9. The van der Waals surface area contributed by atoms with E-state index in [0.29, 0.717) is 23.7 Å². The number of carbonyl (C=O) groups excluding carboxylic acids is 2. The van der Waals surface area contributed by atoms with Crippen LogP contribution in [0.5, 0.6) is 0 Å². The monoisotopic (exact) mass is 279 g/mol. The van der Waals surface area contributed by atoms with Crippen molar-refractivity contribution in [2.75, 3.05) is 4.90 Å². The van der Waals surface area contributed by atoms with Crippen LogP contribution in [0.2, 0.25) is 0 Å². The van der Waals surface area contributed by atoms with Gasteiger partial charge in [0.25, 0.3) is 0 Å². The number of benzene rings is 1. The predicted octanol–water partition coefficient (Wildman–Crippen LogP) is 2.63. The van der Waals surface area contributed by atoms with E-state index >= 15 is 0 Å². The molecule has 5 aliphatic rings. The van der Waals surface area contributed by atoms with Crippen LogP contribution in [0.1, 0.15) is 12.8 Å². The van der Waals surface area contributed by atoms with Crippen molar-refractivity contribution in [2.24, 2.45) is 35.5 Å². The van der Waals surface area contributed by atoms with Crippen molar-refractivity contribution in [3.05, 3.63) is 42.5 Å². The zero-order valence-corrected chi connectivity index (χ0v) is 11.7. The normalized spacial score (nSPS) is 42.8. The Balaban J connectivity index is 1.60. The Kier molecular flexibility index (Phi) is 2.15. The molecule has 4 fully saturated rings. The van der Waals surface area contributed by atoms with E-state index < -0.39 is 0 Å². The maximum absolute atomic E-state index is 12.9. The Morgan fingerprint density at radius 3 is 1.81 bits per heavy atom. The zero-order valence-electron chi connectivity index (χ0n) is 11.7. The Bertz CT molecular complexity index is 627. The van der Waals surface area contributed by atoms with E-state index in [1.54, 1.807) is 0 Å². The minimum Gasteiger partial charge on any atom is -0.274 e. The highest BCUT2D eigenvalue weighted by molar-refractivity contribution is 6.22. The summed E-state index contributed by atoms with van der Waals surface area (Å²) in [6, 6.07) is 9.41. The highest BCUT2D eigenvalue weighted by Gasteiger charge is 2.64. The number of imide groups is 1. The molecule has 3 saturated carbocycles. The highest BCUT2D eigenvalue weighted by Crippen LogP contribution is 2.61. The fourth-order valence-electron chi connectivity index (χ4n) is 5.28. The molecule has 0 N–H and O–H groups in total. The third-order valence-electron chi connectivity index (χ3n) is 6.16. The molecule has 0 spiro atoms. The summed E-state index contributed by atoms with van der Waals surface area (Å²) in [7, 11) is 0. The lowest BCUT2D eigenvalue weighted by Crippen LogP contribution is -2.53. The van der Waals surface area contributed by atoms with Gasteiger partial charge in [0.2, 0.25) is 11.8 Å². The average Bonchev–Trinajstić information content (AvgIpc) is 2.73. The summed E-state index contributed by atoms with van der Waals surface area (Å²) < 4.78 is 0. The third kappa shape index (κ3) is 1.30. The van der Waals surface area contributed by atoms with Gasteiger partial charge in [-0.25, -0.2) is 0 Å². The number of anilines is 1. The molecule has 6 unspecified atom stereocenters. The van der Waals surface area contributed by atoms with Gasteiger partial charge in [-0.15, -0.1) is 0 Å². The van der Waals surface area contributed by atoms with Gasteiger partial charge in [-0.05, 0) is 48.6 Å². The number of para-hydroxylation sites is 1. The van der Waals surface area contributed by atoms with Crippen LogP contribution < -0.4 is 4.90 Å². The molecule has 3 heteroatoms. The fraction of sp³-hybridized carbons (Fsp3) is 0.444. The van der Waals surface area contributed by atoms with E-state index in [2.05, 4.69) is 12.2 Å². The maximum Gasteiger partial charge on any atom is 0.237 e. The van der Waals surface area contributed by atoms with Crippen molar-refractivity contribution in [1.82, 2.24) is 0 Å². The third-order valence-corrected chi connectivity index (χ3v) is 6.16. The van der Waals surface area contributed by atoms with Gasteiger partial charge < -0.3 is 0 Å². The molecule has 106 valence electrons. The summed E-state index contributed by atoms with van der Waals surface area (Å²) >= 11 is 0. The first-order chi connectivity index (χ1) is 10.3. The second kappa shape index (κ2) is 3.85. The Morgan fingerprint density at radius 1 is 0.810 bits per heavy atom. The number of allylic oxidation sites excluding steroid dienone is 2. The predicted molar refractivity (Wildman–Crippen MR) is 78.2 cm³/mol. The minimum atomic E-state index is -0.0670. The lowest BCUT2D eigenvalue weighted by Gasteiger charge is -2.55. The number of fused-ring (bicyclic) bond motifs is 1. The van der Waals surface area contributed by atoms with Crippen molar-refractivity contribution in [2.45, 2.75) is 12.8 Å². The molecule has 2 amide bonds. The molecule has 1 aromatic rings. The molecule has 1 aliphatic heterocycles. The van der Waals surface area contributed by atoms with Crippen LogP contribution >= 0.6 is 0 Å². The average molecular weight is 279 g/mol. The Hall–Kier alpha value is -1.90. The quantitative estimate of drug-likeness (QED) is 0.585. The van der Waals surface area contributed by atoms with Crippen LogP contribution in [0.4, 0.5) is 5.69 Å². The van der Waals surface area contributed by atoms with E-state index in [1.807, 2.05) is 30.3 Å². The van der Waals surface area contributed by atoms with Crippen molar-refractivity contribution in [1.29, 1.82) is 0 Å². The van der Waals surface area contributed by atoms with Crippen LogP contribution in [0.25, 0.3) is 0 Å². The molecule has 0 aromatic heterocycles. The van der Waals surface area contributed by atoms with Crippen LogP contribution in [0.3, 0.4) is 0 Å². The molecule has 21 heavy (non-hydrogen) atoms. The SMILES string of the molecule is O=C1C2C3CCC(C4C=CC43)C2C(=O)N1c1ccccc1. The Morgan fingerprint density at radius 2 is 1.33 bits per heavy atom. The summed E-state index contributed by atoms with van der Waals surface area (Å²) in [5, 5.41) is 0. The second-order valence-corrected chi connectivity index (χ2v) is 6.84. The van der Waals surface area contributed by atoms with Gasteiger partial charge in [0.05, 0.1) is 17.5 Å². The molecular weight excluding hydrogens is 262 g/mol. The highest BCUT2D eigenvalue weighted by atomic mass is 16.2. The second-order valence-electron chi connectivity index (χ2n) is 6.84. The minimum absolute atomic E-state index is 0.0460. The van der Waals surface area contributed by atoms with Crippen molar-refractivity contribution >= 4 is 17.5 Å². The van der Waals surface area contributed by atoms with Crippen LogP contribution in [-0.2, 0) is 9.59 Å². The largest absolute Gasteiger partial charge is 0.274 e. The van der Waals surface area contributed by atoms with Crippen LogP contribution in [-0.4, -0.2) is 11.8 Å². The first-order valence-electron chi connectivity index (χ1n) is 7.88. The van der Waals surface area contributed by atoms with Gasteiger partial charge >= 0.3 is 0 Å². The van der Waals surface area contributed by atoms with E-state index in [1.165, 1.54) is 4.90 Å². The van der Waals surface area contributed by atoms with Gasteiger partial charge in [-0.1, -0.05) is 30.4 Å². The topological polar surface area (TPSA) is 37.4 Å². The van der Waals surface area contributed by atoms with Gasteiger partial charge in [0, 0.05) is 0 Å². The molecule has 0 radical (unpaired) electrons. The lowest BCUT2D eigenvalue weighted by atomic mass is 9.47. The molecule has 4 aliphatic carbocycles. The smallest absolute Gasteiger partial charge is 0.237 e. The lowest BCUT2D eigenvalue weighted by molar-refractivity contribution is -0.135. The molecule has 6 rings (SSSR count). The van der Waals surface area contributed by atoms with Crippen molar-refractivity contribution in [3.8, 4) is 0 Å². The molecule has 6 atom stereocenters. The molecule has 2 bridgehead atoms. The fourth-order valence-corrected chi connectivity index (χ4v) is 5.28. The summed E-state index contributed by atoms with van der Waals surface area (Å²) in [6.45, 7) is 0. The summed E-state index contributed by atoms with van der Waals surface area (Å²) in [4.78, 5) is 27.3. The summed E-state index contributed by atoms with van der Waals surface area (Å²) in [6.07, 6.45) is 6.75. The van der Waals surface area contributed by atoms with Crippen molar-refractivity contribution < 1.29 is 9.59 Å². The number of amides is 2. The van der Waals surface area contributed by atoms with Crippen molar-refractivity contribution in [3.63, 3.8) is 0 Å². The van der Waals surface area contributed by atoms with Gasteiger partial charge in [-0.3, -0.25) is 14.5 Å². The first-order valence-corrected chi connectivity index (χ1v) is 7.88. The standard InChI is InChI=1S/C18H17NO2/c20-17-15-13-8-9-14(12-7-6-11(12)13)16(15)18(21)19(17)10-4-2-1-3-5-10/h1-7,11-16H,8-9H2. The summed E-state index contributed by atoms with van der Waals surface area (Å²) in [5.41, 5.74) is 0.738. The first kappa shape index (κ1) is 11.7. The number of rotatable bonds is 1. The molecule has 1 saturated heterocycles. The number of nitrogens with zero attached hydrogens (tertiary/aromatic N) is 1. The van der Waals surface area contributed by atoms with E-state index in [-0.39, 0.29) is 23.7 Å².